The largest absolute Gasteiger partial charge is 0.494 e. The molecule has 2 heterocycles. The predicted molar refractivity (Wildman–Crippen MR) is 151 cm³/mol. The summed E-state index contributed by atoms with van der Waals surface area (Å²) in [4.78, 5) is 2.51. The van der Waals surface area contributed by atoms with Crippen LogP contribution in [0, 0.1) is 10.8 Å². The molecular formula is C20H36Cl3N9O2S. The summed E-state index contributed by atoms with van der Waals surface area (Å²) in [5, 5.41) is 18.8. The van der Waals surface area contributed by atoms with Crippen LogP contribution in [-0.4, -0.2) is 65.7 Å². The Morgan fingerprint density at radius 1 is 1.09 bits per heavy atom. The van der Waals surface area contributed by atoms with Crippen LogP contribution in [0.5, 0.6) is 5.75 Å². The molecule has 2 aliphatic rings. The summed E-state index contributed by atoms with van der Waals surface area (Å²) >= 11 is -1.51. The smallest absolute Gasteiger partial charge is 0.269 e. The molecule has 3 rings (SSSR count). The third kappa shape index (κ3) is 13.5. The molecule has 11 nitrogen and oxygen atoms in total. The van der Waals surface area contributed by atoms with Crippen LogP contribution in [-0.2, 0) is 17.7 Å². The average Bonchev–Trinajstić information content (AvgIpc) is 3.14. The fourth-order valence-electron chi connectivity index (χ4n) is 3.12. The molecule has 1 saturated heterocycles. The molecule has 0 bridgehead atoms. The molecule has 2 aliphatic heterocycles. The molecule has 0 saturated carbocycles. The maximum atomic E-state index is 11.3. The van der Waals surface area contributed by atoms with Crippen molar-refractivity contribution >= 4 is 71.7 Å². The standard InChI is InChI=1S/C18H27N5O2S.C2H6N4.3ClH/c1-19-17-18(22-26(24)21-17)20-9-6-12-25-16-8-5-7-15(13-16)14-23-10-3-2-4-11-23;3-1(4)2(5)6;;;/h5,7-8,13H,2-4,6,9-12,14H2,1H3,(H,19,21)(H,20,22);(H3,3,4)(H3,5,6);3*1H. The van der Waals surface area contributed by atoms with E-state index in [1.165, 1.54) is 37.9 Å². The second-order valence-electron chi connectivity index (χ2n) is 7.30. The second-order valence-corrected chi connectivity index (χ2v) is 8.13. The van der Waals surface area contributed by atoms with E-state index in [0.717, 1.165) is 18.7 Å². The number of piperidine rings is 1. The molecular weight excluding hydrogens is 537 g/mol. The molecule has 1 unspecified atom stereocenters. The van der Waals surface area contributed by atoms with Crippen molar-refractivity contribution in [3.63, 3.8) is 0 Å². The lowest BCUT2D eigenvalue weighted by Gasteiger charge is -2.26. The Morgan fingerprint density at radius 2 is 1.71 bits per heavy atom. The summed E-state index contributed by atoms with van der Waals surface area (Å²) in [6, 6.07) is 8.37. The minimum absolute atomic E-state index is 0. The van der Waals surface area contributed by atoms with Crippen molar-refractivity contribution in [1.82, 2.24) is 15.5 Å². The average molecular weight is 573 g/mol. The van der Waals surface area contributed by atoms with Crippen LogP contribution >= 0.6 is 37.2 Å². The van der Waals surface area contributed by atoms with Crippen LogP contribution in [0.3, 0.4) is 0 Å². The Bertz CT molecular complexity index is 869. The van der Waals surface area contributed by atoms with Crippen molar-refractivity contribution in [2.45, 2.75) is 32.2 Å². The number of amidine groups is 4. The van der Waals surface area contributed by atoms with E-state index >= 15 is 0 Å². The number of likely N-dealkylation sites (N-methyl/N-ethyl adjacent to an activating group) is 1. The molecule has 1 aromatic rings. The van der Waals surface area contributed by atoms with Crippen molar-refractivity contribution < 1.29 is 8.95 Å². The van der Waals surface area contributed by atoms with Gasteiger partial charge < -0.3 is 26.8 Å². The fourth-order valence-corrected chi connectivity index (χ4v) is 3.80. The number of hydrogen-bond acceptors (Lipinski definition) is 7. The van der Waals surface area contributed by atoms with E-state index in [-0.39, 0.29) is 48.9 Å². The summed E-state index contributed by atoms with van der Waals surface area (Å²) in [6.45, 7) is 4.70. The number of likely N-dealkylation sites (tertiary alicyclic amines) is 1. The number of benzene rings is 1. The molecule has 8 N–H and O–H groups in total. The van der Waals surface area contributed by atoms with Gasteiger partial charge in [-0.3, -0.25) is 15.7 Å². The molecule has 1 atom stereocenters. The monoisotopic (exact) mass is 571 g/mol. The van der Waals surface area contributed by atoms with Crippen LogP contribution in [0.1, 0.15) is 31.2 Å². The maximum absolute atomic E-state index is 11.3. The second kappa shape index (κ2) is 19.1. The normalized spacial score (nSPS) is 16.4. The Balaban J connectivity index is 0. The molecule has 0 spiro atoms. The van der Waals surface area contributed by atoms with E-state index in [9.17, 15) is 4.21 Å². The first-order chi connectivity index (χ1) is 15.4. The number of rotatable bonds is 7. The number of nitrogens with one attached hydrogen (secondary N) is 4. The van der Waals surface area contributed by atoms with Gasteiger partial charge >= 0.3 is 0 Å². The van der Waals surface area contributed by atoms with Crippen molar-refractivity contribution in [2.75, 3.05) is 33.3 Å². The highest BCUT2D eigenvalue weighted by atomic mass is 35.5. The Hall–Kier alpha value is -2.12. The maximum Gasteiger partial charge on any atom is 0.269 e. The highest BCUT2D eigenvalue weighted by Gasteiger charge is 2.16. The predicted octanol–water partition coefficient (Wildman–Crippen LogP) is 1.76. The number of ether oxygens (including phenoxy) is 1. The summed E-state index contributed by atoms with van der Waals surface area (Å²) in [7, 11) is 1.73. The van der Waals surface area contributed by atoms with Gasteiger partial charge in [0.25, 0.3) is 11.2 Å². The Morgan fingerprint density at radius 3 is 2.31 bits per heavy atom. The molecule has 0 aliphatic carbocycles. The molecule has 35 heavy (non-hydrogen) atoms. The number of hydrogen-bond donors (Lipinski definition) is 6. The fraction of sp³-hybridized carbons (Fsp3) is 0.500. The van der Waals surface area contributed by atoms with E-state index in [4.69, 9.17) is 15.6 Å². The van der Waals surface area contributed by atoms with E-state index in [1.807, 2.05) is 6.07 Å². The van der Waals surface area contributed by atoms with Crippen molar-refractivity contribution in [3.8, 4) is 5.75 Å². The zero-order chi connectivity index (χ0) is 23.3. The van der Waals surface area contributed by atoms with Gasteiger partial charge in [-0.25, -0.2) is 4.21 Å². The van der Waals surface area contributed by atoms with Crippen LogP contribution < -0.4 is 26.8 Å². The lowest BCUT2D eigenvalue weighted by atomic mass is 10.1. The van der Waals surface area contributed by atoms with Crippen molar-refractivity contribution in [2.24, 2.45) is 20.3 Å². The zero-order valence-electron chi connectivity index (χ0n) is 19.6. The molecule has 1 fully saturated rings. The number of nitrogens with zero attached hydrogens (tertiary/aromatic N) is 3. The third-order valence-corrected chi connectivity index (χ3v) is 5.40. The summed E-state index contributed by atoms with van der Waals surface area (Å²) in [5.41, 5.74) is 10.6. The van der Waals surface area contributed by atoms with Crippen LogP contribution in [0.15, 0.2) is 33.1 Å². The van der Waals surface area contributed by atoms with Crippen LogP contribution in [0.2, 0.25) is 0 Å². The number of halogens is 3. The first-order valence-electron chi connectivity index (χ1n) is 10.5. The summed E-state index contributed by atoms with van der Waals surface area (Å²) in [6.07, 6.45) is 4.79. The van der Waals surface area contributed by atoms with Gasteiger partial charge in [-0.2, -0.15) is 0 Å². The minimum atomic E-state index is -1.51. The number of nitrogens with two attached hydrogens (primary N) is 2. The lowest BCUT2D eigenvalue weighted by Crippen LogP contribution is -2.37. The molecule has 15 heteroatoms. The van der Waals surface area contributed by atoms with Gasteiger partial charge in [0.15, 0.2) is 23.3 Å². The molecule has 1 aromatic carbocycles. The van der Waals surface area contributed by atoms with Gasteiger partial charge in [-0.1, -0.05) is 18.6 Å². The minimum Gasteiger partial charge on any atom is -0.494 e. The Labute approximate surface area is 227 Å². The van der Waals surface area contributed by atoms with Crippen LogP contribution in [0.4, 0.5) is 0 Å². The SMILES string of the molecule is CNC1=NS(=O)N=C1NCCCOc1cccc(CN2CCCCC2)c1.Cl.Cl.Cl.N=C(N)C(=N)N. The molecule has 0 aromatic heterocycles. The lowest BCUT2D eigenvalue weighted by molar-refractivity contribution is 0.220. The van der Waals surface area contributed by atoms with E-state index in [0.29, 0.717) is 24.8 Å². The highest BCUT2D eigenvalue weighted by molar-refractivity contribution is 7.83. The van der Waals surface area contributed by atoms with E-state index in [1.54, 1.807) is 7.05 Å². The first-order valence-corrected chi connectivity index (χ1v) is 11.6. The molecule has 200 valence electrons. The topological polar surface area (TPSA) is 178 Å². The van der Waals surface area contributed by atoms with Gasteiger partial charge in [0.05, 0.1) is 6.61 Å². The van der Waals surface area contributed by atoms with Gasteiger partial charge in [0.2, 0.25) is 0 Å². The Kier molecular flexibility index (Phi) is 19.1. The van der Waals surface area contributed by atoms with Crippen molar-refractivity contribution in [1.29, 1.82) is 10.8 Å². The van der Waals surface area contributed by atoms with Gasteiger partial charge in [0, 0.05) is 20.1 Å². The van der Waals surface area contributed by atoms with Gasteiger partial charge in [0.1, 0.15) is 5.75 Å². The third-order valence-electron chi connectivity index (χ3n) is 4.73. The molecule has 0 amide bonds. The van der Waals surface area contributed by atoms with Crippen LogP contribution in [0.25, 0.3) is 0 Å². The quantitative estimate of drug-likeness (QED) is 0.164. The van der Waals surface area contributed by atoms with Gasteiger partial charge in [-0.15, -0.1) is 46.0 Å². The van der Waals surface area contributed by atoms with E-state index in [2.05, 4.69) is 54.0 Å². The molecule has 0 radical (unpaired) electrons. The summed E-state index contributed by atoms with van der Waals surface area (Å²) in [5.74, 6) is 1.24. The highest BCUT2D eigenvalue weighted by Crippen LogP contribution is 2.17. The van der Waals surface area contributed by atoms with Gasteiger partial charge in [-0.05, 0) is 50.0 Å². The zero-order valence-corrected chi connectivity index (χ0v) is 22.9. The van der Waals surface area contributed by atoms with E-state index < -0.39 is 11.2 Å². The summed E-state index contributed by atoms with van der Waals surface area (Å²) < 4.78 is 25.0. The first kappa shape index (κ1) is 35.0. The van der Waals surface area contributed by atoms with Crippen molar-refractivity contribution in [3.05, 3.63) is 29.8 Å².